The summed E-state index contributed by atoms with van der Waals surface area (Å²) in [7, 11) is 1.56. The number of nitrogens with one attached hydrogen (secondary N) is 2. The molecule has 0 radical (unpaired) electrons. The Morgan fingerprint density at radius 2 is 1.70 bits per heavy atom. The standard InChI is InChI=1S/C18H13BrF2N4O2/c1-25-9-13(16(24-25)12-7-6-10(20)8-15(12)21)18(27)23-22-17(26)11-4-2-3-5-14(11)19/h2-9H,1H3,(H,22,26)(H,23,27). The van der Waals surface area contributed by atoms with E-state index in [1.807, 2.05) is 0 Å². The Balaban J connectivity index is 1.82. The first-order valence-electron chi connectivity index (χ1n) is 7.71. The lowest BCUT2D eigenvalue weighted by Crippen LogP contribution is -2.41. The molecule has 0 aliphatic heterocycles. The molecule has 138 valence electrons. The molecule has 9 heteroatoms. The van der Waals surface area contributed by atoms with E-state index in [1.165, 1.54) is 16.9 Å². The lowest BCUT2D eigenvalue weighted by Gasteiger charge is -2.09. The van der Waals surface area contributed by atoms with Crippen LogP contribution in [-0.2, 0) is 7.05 Å². The molecule has 6 nitrogen and oxygen atoms in total. The molecule has 0 atom stereocenters. The number of carbonyl (C=O) groups excluding carboxylic acids is 2. The summed E-state index contributed by atoms with van der Waals surface area (Å²) >= 11 is 3.25. The summed E-state index contributed by atoms with van der Waals surface area (Å²) in [5.74, 6) is -2.81. The third-order valence-corrected chi connectivity index (χ3v) is 4.36. The fourth-order valence-corrected chi connectivity index (χ4v) is 2.89. The van der Waals surface area contributed by atoms with E-state index in [0.717, 1.165) is 6.07 Å². The second-order valence-corrected chi connectivity index (χ2v) is 6.43. The van der Waals surface area contributed by atoms with Gasteiger partial charge < -0.3 is 0 Å². The summed E-state index contributed by atoms with van der Waals surface area (Å²) in [6, 6.07) is 9.67. The first-order chi connectivity index (χ1) is 12.9. The number of rotatable bonds is 3. The van der Waals surface area contributed by atoms with E-state index in [1.54, 1.807) is 31.3 Å². The quantitative estimate of drug-likeness (QED) is 0.621. The van der Waals surface area contributed by atoms with Gasteiger partial charge in [0.2, 0.25) is 0 Å². The summed E-state index contributed by atoms with van der Waals surface area (Å²) in [6.45, 7) is 0. The van der Waals surface area contributed by atoms with Gasteiger partial charge in [-0.3, -0.25) is 25.1 Å². The number of halogens is 3. The Hall–Kier alpha value is -3.07. The van der Waals surface area contributed by atoms with Gasteiger partial charge in [-0.2, -0.15) is 5.10 Å². The molecular formula is C18H13BrF2N4O2. The van der Waals surface area contributed by atoms with E-state index in [9.17, 15) is 18.4 Å². The summed E-state index contributed by atoms with van der Waals surface area (Å²) in [6.07, 6.45) is 1.37. The number of benzene rings is 2. The molecule has 0 bridgehead atoms. The zero-order chi connectivity index (χ0) is 19.6. The van der Waals surface area contributed by atoms with Crippen LogP contribution in [0.2, 0.25) is 0 Å². The molecule has 3 aromatic rings. The zero-order valence-corrected chi connectivity index (χ0v) is 15.5. The first kappa shape index (κ1) is 18.7. The lowest BCUT2D eigenvalue weighted by atomic mass is 10.1. The Labute approximate surface area is 161 Å². The van der Waals surface area contributed by atoms with Crippen molar-refractivity contribution in [2.45, 2.75) is 0 Å². The molecule has 3 rings (SSSR count). The van der Waals surface area contributed by atoms with Gasteiger partial charge >= 0.3 is 0 Å². The van der Waals surface area contributed by atoms with Crippen molar-refractivity contribution in [1.29, 1.82) is 0 Å². The molecule has 2 aromatic carbocycles. The minimum absolute atomic E-state index is 0.0236. The van der Waals surface area contributed by atoms with Crippen molar-refractivity contribution in [3.05, 3.63) is 75.9 Å². The second-order valence-electron chi connectivity index (χ2n) is 5.58. The molecule has 2 N–H and O–H groups in total. The van der Waals surface area contributed by atoms with Gasteiger partial charge in [-0.25, -0.2) is 8.78 Å². The van der Waals surface area contributed by atoms with E-state index in [2.05, 4.69) is 31.9 Å². The molecule has 0 saturated carbocycles. The largest absolute Gasteiger partial charge is 0.274 e. The number of hydrogen-bond acceptors (Lipinski definition) is 3. The van der Waals surface area contributed by atoms with Crippen LogP contribution in [0.4, 0.5) is 8.78 Å². The number of carbonyl (C=O) groups is 2. The van der Waals surface area contributed by atoms with Gasteiger partial charge in [-0.05, 0) is 40.2 Å². The molecule has 0 aliphatic carbocycles. The monoisotopic (exact) mass is 434 g/mol. The number of amides is 2. The highest BCUT2D eigenvalue weighted by Crippen LogP contribution is 2.25. The molecule has 0 aliphatic rings. The van der Waals surface area contributed by atoms with Crippen molar-refractivity contribution in [2.24, 2.45) is 7.05 Å². The SMILES string of the molecule is Cn1cc(C(=O)NNC(=O)c2ccccc2Br)c(-c2ccc(F)cc2F)n1. The smallest absolute Gasteiger partial charge is 0.273 e. The Bertz CT molecular complexity index is 1040. The van der Waals surface area contributed by atoms with Gasteiger partial charge in [0.25, 0.3) is 11.8 Å². The molecule has 0 fully saturated rings. The van der Waals surface area contributed by atoms with E-state index < -0.39 is 23.4 Å². The van der Waals surface area contributed by atoms with Crippen LogP contribution in [0.25, 0.3) is 11.3 Å². The zero-order valence-electron chi connectivity index (χ0n) is 14.0. The predicted molar refractivity (Wildman–Crippen MR) is 97.6 cm³/mol. The average Bonchev–Trinajstić information content (AvgIpc) is 3.01. The van der Waals surface area contributed by atoms with Gasteiger partial charge in [-0.1, -0.05) is 12.1 Å². The number of aromatic nitrogens is 2. The Morgan fingerprint density at radius 1 is 1.04 bits per heavy atom. The van der Waals surface area contributed by atoms with Crippen molar-refractivity contribution >= 4 is 27.7 Å². The minimum atomic E-state index is -0.847. The van der Waals surface area contributed by atoms with Crippen LogP contribution in [0.5, 0.6) is 0 Å². The predicted octanol–water partition coefficient (Wildman–Crippen LogP) is 3.20. The topological polar surface area (TPSA) is 76.0 Å². The molecule has 0 unspecified atom stereocenters. The van der Waals surface area contributed by atoms with E-state index in [0.29, 0.717) is 16.1 Å². The van der Waals surface area contributed by atoms with Crippen molar-refractivity contribution < 1.29 is 18.4 Å². The molecule has 27 heavy (non-hydrogen) atoms. The van der Waals surface area contributed by atoms with Gasteiger partial charge in [0.1, 0.15) is 17.3 Å². The van der Waals surface area contributed by atoms with Gasteiger partial charge in [0.15, 0.2) is 0 Å². The molecule has 0 spiro atoms. The average molecular weight is 435 g/mol. The van der Waals surface area contributed by atoms with Gasteiger partial charge in [0.05, 0.1) is 11.1 Å². The minimum Gasteiger partial charge on any atom is -0.274 e. The van der Waals surface area contributed by atoms with Crippen molar-refractivity contribution in [1.82, 2.24) is 20.6 Å². The van der Waals surface area contributed by atoms with Gasteiger partial charge in [-0.15, -0.1) is 0 Å². The Morgan fingerprint density at radius 3 is 2.37 bits per heavy atom. The summed E-state index contributed by atoms with van der Waals surface area (Å²) < 4.78 is 29.1. The van der Waals surface area contributed by atoms with E-state index in [-0.39, 0.29) is 16.8 Å². The maximum atomic E-state index is 14.1. The van der Waals surface area contributed by atoms with E-state index >= 15 is 0 Å². The second kappa shape index (κ2) is 7.67. The number of nitrogens with zero attached hydrogens (tertiary/aromatic N) is 2. The molecular weight excluding hydrogens is 422 g/mol. The fraction of sp³-hybridized carbons (Fsp3) is 0.0556. The van der Waals surface area contributed by atoms with Crippen LogP contribution in [0, 0.1) is 11.6 Å². The van der Waals surface area contributed by atoms with Crippen LogP contribution in [0.1, 0.15) is 20.7 Å². The maximum absolute atomic E-state index is 14.1. The summed E-state index contributed by atoms with van der Waals surface area (Å²) in [5.41, 5.74) is 4.91. The highest BCUT2D eigenvalue weighted by Gasteiger charge is 2.21. The lowest BCUT2D eigenvalue weighted by molar-refractivity contribution is 0.0846. The van der Waals surface area contributed by atoms with Crippen LogP contribution < -0.4 is 10.9 Å². The third kappa shape index (κ3) is 4.03. The van der Waals surface area contributed by atoms with Crippen LogP contribution >= 0.6 is 15.9 Å². The van der Waals surface area contributed by atoms with Gasteiger partial charge in [0, 0.05) is 29.3 Å². The van der Waals surface area contributed by atoms with Crippen molar-refractivity contribution in [3.8, 4) is 11.3 Å². The molecule has 1 aromatic heterocycles. The Kier molecular flexibility index (Phi) is 5.31. The normalized spacial score (nSPS) is 10.5. The maximum Gasteiger partial charge on any atom is 0.273 e. The summed E-state index contributed by atoms with van der Waals surface area (Å²) in [4.78, 5) is 24.6. The van der Waals surface area contributed by atoms with Crippen LogP contribution in [0.15, 0.2) is 53.1 Å². The fourth-order valence-electron chi connectivity index (χ4n) is 2.43. The first-order valence-corrected chi connectivity index (χ1v) is 8.50. The van der Waals surface area contributed by atoms with Crippen molar-refractivity contribution in [3.63, 3.8) is 0 Å². The molecule has 1 heterocycles. The molecule has 0 saturated heterocycles. The third-order valence-electron chi connectivity index (χ3n) is 3.67. The number of aryl methyl sites for hydroxylation is 1. The van der Waals surface area contributed by atoms with Crippen LogP contribution in [0.3, 0.4) is 0 Å². The molecule has 2 amide bonds. The summed E-state index contributed by atoms with van der Waals surface area (Å²) in [5, 5.41) is 4.07. The highest BCUT2D eigenvalue weighted by atomic mass is 79.9. The van der Waals surface area contributed by atoms with E-state index in [4.69, 9.17) is 0 Å². The highest BCUT2D eigenvalue weighted by molar-refractivity contribution is 9.10. The number of hydrogen-bond donors (Lipinski definition) is 2. The number of hydrazine groups is 1. The van der Waals surface area contributed by atoms with Crippen LogP contribution in [-0.4, -0.2) is 21.6 Å². The van der Waals surface area contributed by atoms with Crippen molar-refractivity contribution in [2.75, 3.05) is 0 Å².